The van der Waals surface area contributed by atoms with Gasteiger partial charge in [0.05, 0.1) is 42.0 Å². The number of aromatic nitrogens is 4. The molecule has 7 heteroatoms. The SMILES string of the molecule is C=C(Cn1c(=O)n(C)c2cnc3ccc(-c4cncc(C(C)(C)O)c4)cc3c21)OC. The van der Waals surface area contributed by atoms with Gasteiger partial charge >= 0.3 is 5.69 Å². The first-order valence-corrected chi connectivity index (χ1v) is 9.58. The molecule has 3 heterocycles. The fraction of sp³-hybridized carbons (Fsp3) is 0.261. The van der Waals surface area contributed by atoms with Gasteiger partial charge in [-0.05, 0) is 37.6 Å². The quantitative estimate of drug-likeness (QED) is 0.516. The zero-order valence-corrected chi connectivity index (χ0v) is 17.5. The molecule has 1 aromatic carbocycles. The zero-order chi connectivity index (χ0) is 21.6. The number of hydrogen-bond acceptors (Lipinski definition) is 5. The summed E-state index contributed by atoms with van der Waals surface area (Å²) < 4.78 is 8.44. The molecule has 0 atom stereocenters. The molecule has 4 rings (SSSR count). The van der Waals surface area contributed by atoms with Crippen molar-refractivity contribution in [2.24, 2.45) is 7.05 Å². The highest BCUT2D eigenvalue weighted by atomic mass is 16.5. The van der Waals surface area contributed by atoms with Crippen LogP contribution in [0.5, 0.6) is 0 Å². The minimum absolute atomic E-state index is 0.159. The van der Waals surface area contributed by atoms with Gasteiger partial charge in [-0.15, -0.1) is 0 Å². The van der Waals surface area contributed by atoms with E-state index in [1.165, 1.54) is 0 Å². The first-order valence-electron chi connectivity index (χ1n) is 9.58. The molecule has 0 radical (unpaired) electrons. The molecule has 0 aliphatic heterocycles. The van der Waals surface area contributed by atoms with Crippen molar-refractivity contribution in [1.29, 1.82) is 0 Å². The molecule has 30 heavy (non-hydrogen) atoms. The fourth-order valence-corrected chi connectivity index (χ4v) is 3.58. The highest BCUT2D eigenvalue weighted by Crippen LogP contribution is 2.30. The summed E-state index contributed by atoms with van der Waals surface area (Å²) in [4.78, 5) is 21.7. The van der Waals surface area contributed by atoms with Crippen LogP contribution < -0.4 is 5.69 Å². The highest BCUT2D eigenvalue weighted by Gasteiger charge is 2.18. The maximum Gasteiger partial charge on any atom is 0.329 e. The van der Waals surface area contributed by atoms with Crippen molar-refractivity contribution in [3.8, 4) is 11.1 Å². The van der Waals surface area contributed by atoms with Gasteiger partial charge in [-0.3, -0.25) is 19.1 Å². The lowest BCUT2D eigenvalue weighted by molar-refractivity contribution is 0.0783. The Balaban J connectivity index is 1.98. The van der Waals surface area contributed by atoms with Crippen LogP contribution in [0.15, 0.2) is 60.0 Å². The van der Waals surface area contributed by atoms with Crippen molar-refractivity contribution < 1.29 is 9.84 Å². The predicted molar refractivity (Wildman–Crippen MR) is 117 cm³/mol. The number of pyridine rings is 2. The number of nitrogens with zero attached hydrogens (tertiary/aromatic N) is 4. The summed E-state index contributed by atoms with van der Waals surface area (Å²) in [6.07, 6.45) is 5.13. The number of hydrogen-bond donors (Lipinski definition) is 1. The summed E-state index contributed by atoms with van der Waals surface area (Å²) in [7, 11) is 3.27. The smallest absolute Gasteiger partial charge is 0.329 e. The Morgan fingerprint density at radius 2 is 1.97 bits per heavy atom. The van der Waals surface area contributed by atoms with E-state index >= 15 is 0 Å². The minimum Gasteiger partial charge on any atom is -0.500 e. The van der Waals surface area contributed by atoms with Crippen LogP contribution >= 0.6 is 0 Å². The molecule has 4 aromatic rings. The number of aliphatic hydroxyl groups is 1. The number of methoxy groups -OCH3 is 1. The van der Waals surface area contributed by atoms with Gasteiger partial charge in [0.15, 0.2) is 0 Å². The van der Waals surface area contributed by atoms with E-state index in [0.717, 1.165) is 38.6 Å². The number of ether oxygens (including phenoxy) is 1. The second kappa shape index (κ2) is 7.11. The number of allylic oxidation sites excluding steroid dienone is 1. The van der Waals surface area contributed by atoms with Crippen LogP contribution in [0.2, 0.25) is 0 Å². The van der Waals surface area contributed by atoms with Gasteiger partial charge in [0, 0.05) is 36.0 Å². The molecule has 0 spiro atoms. The molecule has 0 amide bonds. The third kappa shape index (κ3) is 3.27. The van der Waals surface area contributed by atoms with E-state index in [0.29, 0.717) is 5.76 Å². The van der Waals surface area contributed by atoms with E-state index in [-0.39, 0.29) is 12.2 Å². The number of rotatable bonds is 5. The van der Waals surface area contributed by atoms with Crippen molar-refractivity contribution in [2.45, 2.75) is 26.0 Å². The largest absolute Gasteiger partial charge is 0.500 e. The fourth-order valence-electron chi connectivity index (χ4n) is 3.58. The third-order valence-corrected chi connectivity index (χ3v) is 5.37. The molecule has 0 unspecified atom stereocenters. The van der Waals surface area contributed by atoms with Crippen molar-refractivity contribution in [3.05, 3.63) is 71.2 Å². The van der Waals surface area contributed by atoms with Crippen LogP contribution in [0.3, 0.4) is 0 Å². The topological polar surface area (TPSA) is 82.2 Å². The Morgan fingerprint density at radius 1 is 1.20 bits per heavy atom. The monoisotopic (exact) mass is 404 g/mol. The molecule has 0 saturated carbocycles. The van der Waals surface area contributed by atoms with Crippen molar-refractivity contribution in [3.63, 3.8) is 0 Å². The van der Waals surface area contributed by atoms with Crippen LogP contribution in [0.1, 0.15) is 19.4 Å². The second-order valence-electron chi connectivity index (χ2n) is 7.92. The highest BCUT2D eigenvalue weighted by molar-refractivity contribution is 6.04. The molecule has 1 N–H and O–H groups in total. The lowest BCUT2D eigenvalue weighted by Crippen LogP contribution is -2.23. The first kappa shape index (κ1) is 19.8. The van der Waals surface area contributed by atoms with E-state index in [9.17, 15) is 9.90 Å². The first-order chi connectivity index (χ1) is 14.2. The normalized spacial score (nSPS) is 11.9. The summed E-state index contributed by atoms with van der Waals surface area (Å²) in [5, 5.41) is 11.2. The number of aryl methyl sites for hydroxylation is 1. The van der Waals surface area contributed by atoms with Crippen molar-refractivity contribution >= 4 is 21.9 Å². The van der Waals surface area contributed by atoms with Crippen LogP contribution in [-0.4, -0.2) is 31.3 Å². The summed E-state index contributed by atoms with van der Waals surface area (Å²) in [5.41, 5.74) is 3.66. The van der Waals surface area contributed by atoms with Gasteiger partial charge in [0.1, 0.15) is 5.76 Å². The third-order valence-electron chi connectivity index (χ3n) is 5.37. The Kier molecular flexibility index (Phi) is 4.70. The number of benzene rings is 1. The summed E-state index contributed by atoms with van der Waals surface area (Å²) >= 11 is 0. The van der Waals surface area contributed by atoms with Gasteiger partial charge < -0.3 is 9.84 Å². The van der Waals surface area contributed by atoms with Gasteiger partial charge in [0.2, 0.25) is 0 Å². The van der Waals surface area contributed by atoms with Crippen LogP contribution in [0.25, 0.3) is 33.1 Å². The standard InChI is InChI=1S/C23H24N4O3/c1-14(30-5)13-27-21-18-9-15(16-8-17(11-24-10-16)23(2,3)29)6-7-19(18)25-12-20(21)26(4)22(27)28/h6-12,29H,1,13H2,2-5H3. The summed E-state index contributed by atoms with van der Waals surface area (Å²) in [6, 6.07) is 7.81. The number of fused-ring (bicyclic) bond motifs is 3. The maximum atomic E-state index is 12.9. The van der Waals surface area contributed by atoms with Crippen LogP contribution in [0, 0.1) is 0 Å². The molecule has 154 valence electrons. The van der Waals surface area contributed by atoms with Crippen molar-refractivity contribution in [1.82, 2.24) is 19.1 Å². The molecule has 0 bridgehead atoms. The maximum absolute atomic E-state index is 12.9. The average Bonchev–Trinajstić information content (AvgIpc) is 2.97. The van der Waals surface area contributed by atoms with E-state index < -0.39 is 5.60 Å². The molecule has 0 aliphatic carbocycles. The molecule has 7 nitrogen and oxygen atoms in total. The lowest BCUT2D eigenvalue weighted by atomic mass is 9.96. The van der Waals surface area contributed by atoms with Gasteiger partial charge in [-0.25, -0.2) is 4.79 Å². The van der Waals surface area contributed by atoms with Crippen LogP contribution in [0.4, 0.5) is 0 Å². The van der Waals surface area contributed by atoms with Gasteiger partial charge in [-0.2, -0.15) is 0 Å². The average molecular weight is 404 g/mol. The van der Waals surface area contributed by atoms with Crippen LogP contribution in [-0.2, 0) is 23.9 Å². The zero-order valence-electron chi connectivity index (χ0n) is 17.5. The van der Waals surface area contributed by atoms with E-state index in [1.807, 2.05) is 24.3 Å². The second-order valence-corrected chi connectivity index (χ2v) is 7.92. The number of imidazole rings is 1. The van der Waals surface area contributed by atoms with Gasteiger partial charge in [0.25, 0.3) is 0 Å². The van der Waals surface area contributed by atoms with Crippen molar-refractivity contribution in [2.75, 3.05) is 7.11 Å². The minimum atomic E-state index is -0.991. The van der Waals surface area contributed by atoms with E-state index in [1.54, 1.807) is 55.7 Å². The molecular formula is C23H24N4O3. The van der Waals surface area contributed by atoms with E-state index in [4.69, 9.17) is 4.74 Å². The molecule has 0 aliphatic rings. The molecule has 3 aromatic heterocycles. The van der Waals surface area contributed by atoms with Gasteiger partial charge in [-0.1, -0.05) is 12.6 Å². The lowest BCUT2D eigenvalue weighted by Gasteiger charge is -2.18. The summed E-state index contributed by atoms with van der Waals surface area (Å²) in [5.74, 6) is 0.493. The Labute approximate surface area is 173 Å². The Hall–Kier alpha value is -3.45. The van der Waals surface area contributed by atoms with E-state index in [2.05, 4.69) is 16.5 Å². The molecule has 0 saturated heterocycles. The summed E-state index contributed by atoms with van der Waals surface area (Å²) in [6.45, 7) is 7.58. The predicted octanol–water partition coefficient (Wildman–Crippen LogP) is 3.34. The molecular weight excluding hydrogens is 380 g/mol. The Bertz CT molecular complexity index is 1340. The molecule has 0 fully saturated rings. The Morgan fingerprint density at radius 3 is 2.67 bits per heavy atom.